The second-order valence-electron chi connectivity index (χ2n) is 5.57. The third-order valence-corrected chi connectivity index (χ3v) is 6.11. The molecule has 1 atom stereocenters. The fourth-order valence-electron chi connectivity index (χ4n) is 2.65. The molecule has 0 bridgehead atoms. The van der Waals surface area contributed by atoms with Crippen molar-refractivity contribution < 1.29 is 8.42 Å². The molecule has 0 radical (unpaired) electrons. The summed E-state index contributed by atoms with van der Waals surface area (Å²) < 4.78 is 27.3. The van der Waals surface area contributed by atoms with Gasteiger partial charge in [-0.1, -0.05) is 18.2 Å². The summed E-state index contributed by atoms with van der Waals surface area (Å²) in [4.78, 5) is 2.00. The van der Waals surface area contributed by atoms with Gasteiger partial charge in [0.05, 0.1) is 18.2 Å². The van der Waals surface area contributed by atoms with Crippen molar-refractivity contribution in [2.75, 3.05) is 18.6 Å². The maximum Gasteiger partial charge on any atom is 0.203 e. The smallest absolute Gasteiger partial charge is 0.203 e. The Kier molecular flexibility index (Phi) is 4.16. The van der Waals surface area contributed by atoms with Crippen molar-refractivity contribution in [2.45, 2.75) is 19.1 Å². The molecule has 22 heavy (non-hydrogen) atoms. The van der Waals surface area contributed by atoms with Gasteiger partial charge in [0.15, 0.2) is 9.84 Å². The second-order valence-corrected chi connectivity index (χ2v) is 8.17. The van der Waals surface area contributed by atoms with E-state index in [9.17, 15) is 8.42 Å². The quantitative estimate of drug-likeness (QED) is 0.790. The first-order valence-electron chi connectivity index (χ1n) is 7.07. The molecule has 8 heteroatoms. The van der Waals surface area contributed by atoms with Crippen molar-refractivity contribution in [2.24, 2.45) is 0 Å². The molecule has 3 rings (SSSR count). The minimum atomic E-state index is -2.88. The van der Waals surface area contributed by atoms with Crippen molar-refractivity contribution in [3.8, 4) is 5.69 Å². The van der Waals surface area contributed by atoms with Crippen LogP contribution in [0.1, 0.15) is 6.42 Å². The lowest BCUT2D eigenvalue weighted by molar-refractivity contribution is 0.196. The highest BCUT2D eigenvalue weighted by molar-refractivity contribution is 7.91. The average Bonchev–Trinajstić information content (AvgIpc) is 3.03. The molecule has 1 aromatic heterocycles. The van der Waals surface area contributed by atoms with Gasteiger partial charge in [0.1, 0.15) is 6.33 Å². The molecule has 0 spiro atoms. The summed E-state index contributed by atoms with van der Waals surface area (Å²) in [5.41, 5.74) is 0.963. The summed E-state index contributed by atoms with van der Waals surface area (Å²) in [6.07, 6.45) is 2.36. The van der Waals surface area contributed by atoms with Gasteiger partial charge in [-0.2, -0.15) is 5.10 Å². The molecular weight excluding hydrogens is 320 g/mol. The summed E-state index contributed by atoms with van der Waals surface area (Å²) >= 11 is 5.46. The lowest BCUT2D eigenvalue weighted by atomic mass is 10.2. The Morgan fingerprint density at radius 1 is 1.36 bits per heavy atom. The maximum atomic E-state index is 11.6. The van der Waals surface area contributed by atoms with E-state index in [-0.39, 0.29) is 17.5 Å². The SMILES string of the molecule is CN(Cn1ncn(-c2ccccc2)c1=S)C1CCS(=O)(=O)C1. The van der Waals surface area contributed by atoms with Crippen molar-refractivity contribution in [3.05, 3.63) is 41.4 Å². The van der Waals surface area contributed by atoms with Crippen LogP contribution in [-0.4, -0.2) is 52.3 Å². The van der Waals surface area contributed by atoms with Crippen LogP contribution in [-0.2, 0) is 16.5 Å². The van der Waals surface area contributed by atoms with Gasteiger partial charge < -0.3 is 0 Å². The van der Waals surface area contributed by atoms with E-state index in [1.54, 1.807) is 11.0 Å². The molecule has 2 aromatic rings. The van der Waals surface area contributed by atoms with E-state index in [2.05, 4.69) is 5.10 Å². The van der Waals surface area contributed by atoms with Crippen molar-refractivity contribution in [3.63, 3.8) is 0 Å². The zero-order valence-electron chi connectivity index (χ0n) is 12.3. The zero-order valence-corrected chi connectivity index (χ0v) is 13.9. The summed E-state index contributed by atoms with van der Waals surface area (Å²) in [7, 11) is -0.972. The minimum Gasteiger partial charge on any atom is -0.283 e. The van der Waals surface area contributed by atoms with Gasteiger partial charge in [-0.3, -0.25) is 9.47 Å². The molecule has 1 unspecified atom stereocenters. The van der Waals surface area contributed by atoms with E-state index in [4.69, 9.17) is 12.2 Å². The van der Waals surface area contributed by atoms with E-state index in [1.165, 1.54) is 0 Å². The predicted molar refractivity (Wildman–Crippen MR) is 87.2 cm³/mol. The van der Waals surface area contributed by atoms with Crippen LogP contribution in [0.3, 0.4) is 0 Å². The standard InChI is InChI=1S/C14H18N4O2S2/c1-16(13-7-8-22(19,20)9-13)11-18-14(21)17(10-15-18)12-5-3-2-4-6-12/h2-6,10,13H,7-9,11H2,1H3. The van der Waals surface area contributed by atoms with Crippen LogP contribution in [0.15, 0.2) is 36.7 Å². The largest absolute Gasteiger partial charge is 0.283 e. The third-order valence-electron chi connectivity index (χ3n) is 3.96. The number of para-hydroxylation sites is 1. The highest BCUT2D eigenvalue weighted by Gasteiger charge is 2.30. The fraction of sp³-hybridized carbons (Fsp3) is 0.429. The Morgan fingerprint density at radius 3 is 2.73 bits per heavy atom. The Bertz CT molecular complexity index is 811. The Labute approximate surface area is 134 Å². The molecule has 6 nitrogen and oxygen atoms in total. The van der Waals surface area contributed by atoms with E-state index >= 15 is 0 Å². The first kappa shape index (κ1) is 15.4. The first-order chi connectivity index (χ1) is 10.5. The monoisotopic (exact) mass is 338 g/mol. The van der Waals surface area contributed by atoms with Crippen molar-refractivity contribution in [1.82, 2.24) is 19.2 Å². The lowest BCUT2D eigenvalue weighted by Crippen LogP contribution is -2.34. The van der Waals surface area contributed by atoms with Crippen LogP contribution in [0.2, 0.25) is 0 Å². The first-order valence-corrected chi connectivity index (χ1v) is 9.30. The molecule has 0 saturated carbocycles. The van der Waals surface area contributed by atoms with Crippen LogP contribution < -0.4 is 0 Å². The number of hydrogen-bond acceptors (Lipinski definition) is 5. The van der Waals surface area contributed by atoms with E-state index in [1.807, 2.05) is 46.8 Å². The number of nitrogens with zero attached hydrogens (tertiary/aromatic N) is 4. The van der Waals surface area contributed by atoms with Gasteiger partial charge in [0, 0.05) is 11.7 Å². The van der Waals surface area contributed by atoms with Crippen LogP contribution in [0, 0.1) is 4.77 Å². The summed E-state index contributed by atoms with van der Waals surface area (Å²) in [5, 5.41) is 4.32. The molecular formula is C14H18N4O2S2. The highest BCUT2D eigenvalue weighted by Crippen LogP contribution is 2.17. The van der Waals surface area contributed by atoms with Gasteiger partial charge in [-0.05, 0) is 37.8 Å². The molecule has 0 amide bonds. The zero-order chi connectivity index (χ0) is 15.7. The molecule has 0 aliphatic carbocycles. The number of sulfone groups is 1. The number of rotatable bonds is 4. The summed E-state index contributed by atoms with van der Waals surface area (Å²) in [6.45, 7) is 0.485. The van der Waals surface area contributed by atoms with E-state index in [0.717, 1.165) is 5.69 Å². The molecule has 1 aliphatic rings. The number of aromatic nitrogens is 3. The molecule has 0 N–H and O–H groups in total. The Balaban J connectivity index is 1.77. The second kappa shape index (κ2) is 5.94. The third kappa shape index (κ3) is 3.13. The van der Waals surface area contributed by atoms with Crippen LogP contribution in [0.4, 0.5) is 0 Å². The van der Waals surface area contributed by atoms with Gasteiger partial charge >= 0.3 is 0 Å². The van der Waals surface area contributed by atoms with Crippen LogP contribution in [0.5, 0.6) is 0 Å². The average molecular weight is 338 g/mol. The molecule has 1 saturated heterocycles. The van der Waals surface area contributed by atoms with Gasteiger partial charge in [0.2, 0.25) is 4.77 Å². The summed E-state index contributed by atoms with van der Waals surface area (Å²) in [5.74, 6) is 0.488. The normalized spacial score (nSPS) is 20.5. The Morgan fingerprint density at radius 2 is 2.09 bits per heavy atom. The molecule has 2 heterocycles. The van der Waals surface area contributed by atoms with Crippen molar-refractivity contribution in [1.29, 1.82) is 0 Å². The van der Waals surface area contributed by atoms with E-state index in [0.29, 0.717) is 17.9 Å². The lowest BCUT2D eigenvalue weighted by Gasteiger charge is -2.22. The molecule has 1 aliphatic heterocycles. The minimum absolute atomic E-state index is 0.0359. The van der Waals surface area contributed by atoms with Gasteiger partial charge in [-0.25, -0.2) is 13.1 Å². The highest BCUT2D eigenvalue weighted by atomic mass is 32.2. The molecule has 118 valence electrons. The Hall–Kier alpha value is -1.51. The number of benzene rings is 1. The topological polar surface area (TPSA) is 60.1 Å². The van der Waals surface area contributed by atoms with Crippen LogP contribution >= 0.6 is 12.2 Å². The number of hydrogen-bond donors (Lipinski definition) is 0. The maximum absolute atomic E-state index is 11.6. The summed E-state index contributed by atoms with van der Waals surface area (Å²) in [6, 6.07) is 9.82. The van der Waals surface area contributed by atoms with E-state index < -0.39 is 9.84 Å². The molecule has 1 aromatic carbocycles. The molecule has 1 fully saturated rings. The van der Waals surface area contributed by atoms with Crippen LogP contribution in [0.25, 0.3) is 5.69 Å². The van der Waals surface area contributed by atoms with Gasteiger partial charge in [-0.15, -0.1) is 0 Å². The van der Waals surface area contributed by atoms with Crippen molar-refractivity contribution >= 4 is 22.1 Å². The van der Waals surface area contributed by atoms with Gasteiger partial charge in [0.25, 0.3) is 0 Å². The fourth-order valence-corrected chi connectivity index (χ4v) is 4.71. The predicted octanol–water partition coefficient (Wildman–Crippen LogP) is 1.48.